The maximum Gasteiger partial charge on any atom is 0.132 e. The number of halogens is 1. The normalized spacial score (nSPS) is 7.43. The minimum absolute atomic E-state index is 0. The molecular formula is C4H6ClNO. The average Bonchev–Trinajstić information content (AvgIpc) is 1.86. The first-order chi connectivity index (χ1) is 2.89. The summed E-state index contributed by atoms with van der Waals surface area (Å²) in [7, 11) is 0. The third kappa shape index (κ3) is 1.50. The zero-order chi connectivity index (χ0) is 4.41. The van der Waals surface area contributed by atoms with Crippen LogP contribution in [0.5, 0.6) is 5.75 Å². The van der Waals surface area contributed by atoms with Crippen LogP contribution < -0.4 is 0 Å². The molecule has 1 aromatic heterocycles. The van der Waals surface area contributed by atoms with Gasteiger partial charge in [-0.1, -0.05) is 0 Å². The Morgan fingerprint density at radius 3 is 2.43 bits per heavy atom. The monoisotopic (exact) mass is 119 g/mol. The summed E-state index contributed by atoms with van der Waals surface area (Å²) >= 11 is 0. The van der Waals surface area contributed by atoms with Gasteiger partial charge in [-0.05, 0) is 6.07 Å². The van der Waals surface area contributed by atoms with Gasteiger partial charge >= 0.3 is 0 Å². The van der Waals surface area contributed by atoms with E-state index in [1.807, 2.05) is 0 Å². The summed E-state index contributed by atoms with van der Waals surface area (Å²) in [5.74, 6) is 0.287. The summed E-state index contributed by atoms with van der Waals surface area (Å²) in [6.45, 7) is 0. The molecule has 3 heteroatoms. The van der Waals surface area contributed by atoms with Crippen molar-refractivity contribution in [2.24, 2.45) is 0 Å². The quantitative estimate of drug-likeness (QED) is 0.528. The van der Waals surface area contributed by atoms with E-state index in [0.29, 0.717) is 0 Å². The van der Waals surface area contributed by atoms with Crippen molar-refractivity contribution in [1.29, 1.82) is 0 Å². The molecule has 0 fully saturated rings. The first-order valence-electron chi connectivity index (χ1n) is 1.71. The van der Waals surface area contributed by atoms with Gasteiger partial charge in [-0.3, -0.25) is 0 Å². The standard InChI is InChI=1S/C4H5NO.ClH/c6-4-1-2-5-3-4;/h1-3,5-6H;1H. The predicted octanol–water partition coefficient (Wildman–Crippen LogP) is 1.14. The fraction of sp³-hybridized carbons (Fsp3) is 0. The number of aromatic hydroxyl groups is 1. The van der Waals surface area contributed by atoms with Crippen LogP contribution in [0.15, 0.2) is 18.5 Å². The number of hydrogen-bond donors (Lipinski definition) is 2. The SMILES string of the molecule is Cl.Oc1cc[nH]c1. The molecule has 0 amide bonds. The van der Waals surface area contributed by atoms with Crippen molar-refractivity contribution >= 4 is 12.4 Å². The number of aromatic amines is 1. The van der Waals surface area contributed by atoms with E-state index < -0.39 is 0 Å². The van der Waals surface area contributed by atoms with E-state index in [2.05, 4.69) is 4.98 Å². The van der Waals surface area contributed by atoms with Crippen LogP contribution in [0.1, 0.15) is 0 Å². The fourth-order valence-corrected chi connectivity index (χ4v) is 0.315. The lowest BCUT2D eigenvalue weighted by Crippen LogP contribution is -1.44. The van der Waals surface area contributed by atoms with Gasteiger partial charge in [-0.2, -0.15) is 0 Å². The van der Waals surface area contributed by atoms with Crippen molar-refractivity contribution in [3.05, 3.63) is 18.5 Å². The van der Waals surface area contributed by atoms with Crippen LogP contribution in [-0.4, -0.2) is 10.1 Å². The van der Waals surface area contributed by atoms with Gasteiger partial charge in [0.2, 0.25) is 0 Å². The Hall–Kier alpha value is -0.630. The molecule has 1 heterocycles. The molecule has 2 N–H and O–H groups in total. The summed E-state index contributed by atoms with van der Waals surface area (Å²) in [6.07, 6.45) is 3.18. The molecule has 7 heavy (non-hydrogen) atoms. The third-order valence-corrected chi connectivity index (χ3v) is 0.582. The summed E-state index contributed by atoms with van der Waals surface area (Å²) in [5, 5.41) is 8.44. The van der Waals surface area contributed by atoms with Crippen LogP contribution in [0.3, 0.4) is 0 Å². The van der Waals surface area contributed by atoms with E-state index in [0.717, 1.165) is 0 Å². The van der Waals surface area contributed by atoms with Crippen LogP contribution in [0.4, 0.5) is 0 Å². The smallest absolute Gasteiger partial charge is 0.132 e. The van der Waals surface area contributed by atoms with Crippen LogP contribution in [-0.2, 0) is 0 Å². The Labute approximate surface area is 47.6 Å². The largest absolute Gasteiger partial charge is 0.506 e. The Morgan fingerprint density at radius 2 is 2.29 bits per heavy atom. The fourth-order valence-electron chi connectivity index (χ4n) is 0.315. The van der Waals surface area contributed by atoms with Gasteiger partial charge in [0.15, 0.2) is 0 Å². The van der Waals surface area contributed by atoms with Crippen molar-refractivity contribution in [2.45, 2.75) is 0 Å². The van der Waals surface area contributed by atoms with E-state index in [9.17, 15) is 0 Å². The number of nitrogens with one attached hydrogen (secondary N) is 1. The highest BCUT2D eigenvalue weighted by atomic mass is 35.5. The summed E-state index contributed by atoms with van der Waals surface area (Å²) in [5.41, 5.74) is 0. The minimum Gasteiger partial charge on any atom is -0.506 e. The number of aromatic nitrogens is 1. The van der Waals surface area contributed by atoms with Crippen LogP contribution in [0.2, 0.25) is 0 Å². The second kappa shape index (κ2) is 2.53. The number of H-pyrrole nitrogens is 1. The zero-order valence-corrected chi connectivity index (χ0v) is 4.40. The molecule has 1 aromatic rings. The van der Waals surface area contributed by atoms with Gasteiger partial charge in [0.05, 0.1) is 0 Å². The molecule has 0 bridgehead atoms. The zero-order valence-electron chi connectivity index (χ0n) is 3.59. The van der Waals surface area contributed by atoms with E-state index >= 15 is 0 Å². The van der Waals surface area contributed by atoms with Gasteiger partial charge in [-0.25, -0.2) is 0 Å². The van der Waals surface area contributed by atoms with Gasteiger partial charge in [0.1, 0.15) is 5.75 Å². The van der Waals surface area contributed by atoms with Crippen molar-refractivity contribution in [1.82, 2.24) is 4.98 Å². The highest BCUT2D eigenvalue weighted by Gasteiger charge is 1.76. The van der Waals surface area contributed by atoms with Crippen molar-refractivity contribution in [3.8, 4) is 5.75 Å². The van der Waals surface area contributed by atoms with Gasteiger partial charge < -0.3 is 10.1 Å². The third-order valence-electron chi connectivity index (χ3n) is 0.582. The molecule has 0 saturated heterocycles. The van der Waals surface area contributed by atoms with Crippen LogP contribution in [0, 0.1) is 0 Å². The lowest BCUT2D eigenvalue weighted by Gasteiger charge is -1.68. The Kier molecular flexibility index (Phi) is 2.30. The predicted molar refractivity (Wildman–Crippen MR) is 29.7 cm³/mol. The topological polar surface area (TPSA) is 36.0 Å². The molecule has 0 aliphatic heterocycles. The molecule has 0 aromatic carbocycles. The molecule has 0 radical (unpaired) electrons. The lowest BCUT2D eigenvalue weighted by atomic mass is 10.6. The molecular weight excluding hydrogens is 114 g/mol. The summed E-state index contributed by atoms with van der Waals surface area (Å²) in [6, 6.07) is 1.58. The van der Waals surface area contributed by atoms with Crippen LogP contribution in [0.25, 0.3) is 0 Å². The Bertz CT molecular complexity index is 115. The molecule has 1 rings (SSSR count). The second-order valence-corrected chi connectivity index (χ2v) is 1.07. The van der Waals surface area contributed by atoms with Gasteiger partial charge in [-0.15, -0.1) is 12.4 Å². The summed E-state index contributed by atoms with van der Waals surface area (Å²) in [4.78, 5) is 2.68. The molecule has 0 saturated carbocycles. The Balaban J connectivity index is 0.000000360. The molecule has 0 unspecified atom stereocenters. The minimum atomic E-state index is 0. The van der Waals surface area contributed by atoms with Crippen molar-refractivity contribution < 1.29 is 5.11 Å². The van der Waals surface area contributed by atoms with E-state index in [4.69, 9.17) is 5.11 Å². The average molecular weight is 120 g/mol. The second-order valence-electron chi connectivity index (χ2n) is 1.07. The van der Waals surface area contributed by atoms with E-state index in [1.165, 1.54) is 6.20 Å². The molecule has 0 atom stereocenters. The van der Waals surface area contributed by atoms with Gasteiger partial charge in [0.25, 0.3) is 0 Å². The highest BCUT2D eigenvalue weighted by Crippen LogP contribution is 2.00. The maximum absolute atomic E-state index is 8.44. The lowest BCUT2D eigenvalue weighted by molar-refractivity contribution is 0.476. The molecule has 40 valence electrons. The molecule has 0 spiro atoms. The summed E-state index contributed by atoms with van der Waals surface area (Å²) < 4.78 is 0. The molecule has 2 nitrogen and oxygen atoms in total. The van der Waals surface area contributed by atoms with Crippen molar-refractivity contribution in [2.75, 3.05) is 0 Å². The van der Waals surface area contributed by atoms with Crippen molar-refractivity contribution in [3.63, 3.8) is 0 Å². The first-order valence-corrected chi connectivity index (χ1v) is 1.71. The maximum atomic E-state index is 8.44. The number of hydrogen-bond acceptors (Lipinski definition) is 1. The van der Waals surface area contributed by atoms with Crippen LogP contribution >= 0.6 is 12.4 Å². The number of rotatable bonds is 0. The molecule has 0 aliphatic rings. The first kappa shape index (κ1) is 6.37. The van der Waals surface area contributed by atoms with E-state index in [-0.39, 0.29) is 18.2 Å². The highest BCUT2D eigenvalue weighted by molar-refractivity contribution is 5.85. The molecule has 0 aliphatic carbocycles. The van der Waals surface area contributed by atoms with Gasteiger partial charge in [0, 0.05) is 12.4 Å². The Morgan fingerprint density at radius 1 is 1.57 bits per heavy atom. The van der Waals surface area contributed by atoms with E-state index in [1.54, 1.807) is 12.3 Å².